The molecule has 122 valence electrons. The molecule has 0 aliphatic rings. The first-order chi connectivity index (χ1) is 11.1. The molecule has 1 heterocycles. The lowest BCUT2D eigenvalue weighted by molar-refractivity contribution is 0.851. The summed E-state index contributed by atoms with van der Waals surface area (Å²) in [5.74, 6) is 2.41. The minimum atomic E-state index is 0.0690. The number of aromatic amines is 1. The van der Waals surface area contributed by atoms with Crippen molar-refractivity contribution in [1.29, 1.82) is 10.8 Å². The van der Waals surface area contributed by atoms with Gasteiger partial charge in [-0.25, -0.2) is 4.98 Å². The first-order valence-electron chi connectivity index (χ1n) is 7.08. The number of rotatable bonds is 7. The van der Waals surface area contributed by atoms with E-state index in [-0.39, 0.29) is 16.3 Å². The van der Waals surface area contributed by atoms with Gasteiger partial charge < -0.3 is 16.5 Å². The summed E-state index contributed by atoms with van der Waals surface area (Å²) < 4.78 is 0. The molecule has 1 aromatic carbocycles. The van der Waals surface area contributed by atoms with Crippen LogP contribution in [0.1, 0.15) is 22.9 Å². The van der Waals surface area contributed by atoms with Gasteiger partial charge in [-0.2, -0.15) is 0 Å². The SMILES string of the molecule is N=C(N)SCCc1ccc([C@H](CSC(=N)N)c2ncc[nH]2)cc1. The van der Waals surface area contributed by atoms with Crippen LogP contribution in [0.2, 0.25) is 0 Å². The molecule has 0 radical (unpaired) electrons. The van der Waals surface area contributed by atoms with Gasteiger partial charge in [0.2, 0.25) is 0 Å². The monoisotopic (exact) mass is 348 g/mol. The number of benzene rings is 1. The van der Waals surface area contributed by atoms with Crippen molar-refractivity contribution >= 4 is 33.9 Å². The van der Waals surface area contributed by atoms with Crippen LogP contribution in [0.25, 0.3) is 0 Å². The Kier molecular flexibility index (Phi) is 6.54. The third-order valence-electron chi connectivity index (χ3n) is 3.29. The maximum atomic E-state index is 7.40. The van der Waals surface area contributed by atoms with Gasteiger partial charge in [-0.15, -0.1) is 0 Å². The van der Waals surface area contributed by atoms with E-state index < -0.39 is 0 Å². The van der Waals surface area contributed by atoms with Crippen LogP contribution in [0.5, 0.6) is 0 Å². The fourth-order valence-corrected chi connectivity index (χ4v) is 3.42. The highest BCUT2D eigenvalue weighted by atomic mass is 32.2. The number of amidine groups is 2. The summed E-state index contributed by atoms with van der Waals surface area (Å²) in [5, 5.41) is 14.9. The molecule has 1 aromatic heterocycles. The van der Waals surface area contributed by atoms with Crippen LogP contribution >= 0.6 is 23.5 Å². The van der Waals surface area contributed by atoms with Crippen molar-refractivity contribution in [2.45, 2.75) is 12.3 Å². The molecule has 0 aliphatic heterocycles. The van der Waals surface area contributed by atoms with Gasteiger partial charge in [0.15, 0.2) is 10.3 Å². The fourth-order valence-electron chi connectivity index (χ4n) is 2.17. The molecule has 6 nitrogen and oxygen atoms in total. The van der Waals surface area contributed by atoms with E-state index in [1.165, 1.54) is 29.1 Å². The quantitative estimate of drug-likeness (QED) is 0.387. The summed E-state index contributed by atoms with van der Waals surface area (Å²) in [6.45, 7) is 0. The lowest BCUT2D eigenvalue weighted by Gasteiger charge is -2.15. The van der Waals surface area contributed by atoms with E-state index in [0.29, 0.717) is 5.75 Å². The lowest BCUT2D eigenvalue weighted by atomic mass is 9.98. The molecule has 0 fully saturated rings. The molecule has 0 unspecified atom stereocenters. The summed E-state index contributed by atoms with van der Waals surface area (Å²) in [4.78, 5) is 7.49. The van der Waals surface area contributed by atoms with Gasteiger partial charge in [-0.05, 0) is 17.5 Å². The molecule has 0 bridgehead atoms. The van der Waals surface area contributed by atoms with E-state index in [1.807, 2.05) is 0 Å². The molecule has 2 rings (SSSR count). The van der Waals surface area contributed by atoms with Crippen molar-refractivity contribution in [1.82, 2.24) is 9.97 Å². The van der Waals surface area contributed by atoms with Crippen LogP contribution in [-0.4, -0.2) is 31.8 Å². The van der Waals surface area contributed by atoms with Crippen molar-refractivity contribution in [3.63, 3.8) is 0 Å². The molecule has 0 saturated heterocycles. The molecular formula is C15H20N6S2. The summed E-state index contributed by atoms with van der Waals surface area (Å²) in [6, 6.07) is 8.35. The number of thioether (sulfide) groups is 2. The first-order valence-corrected chi connectivity index (χ1v) is 9.05. The maximum Gasteiger partial charge on any atom is 0.151 e. The number of aryl methyl sites for hydroxylation is 1. The Balaban J connectivity index is 2.06. The highest BCUT2D eigenvalue weighted by molar-refractivity contribution is 8.13. The number of nitrogens with one attached hydrogen (secondary N) is 3. The van der Waals surface area contributed by atoms with Crippen LogP contribution < -0.4 is 11.5 Å². The maximum absolute atomic E-state index is 7.40. The van der Waals surface area contributed by atoms with Crippen LogP contribution in [0.15, 0.2) is 36.7 Å². The molecule has 7 N–H and O–H groups in total. The molecule has 2 aromatic rings. The van der Waals surface area contributed by atoms with Gasteiger partial charge in [-0.3, -0.25) is 10.8 Å². The standard InChI is InChI=1S/C15H20N6S2/c16-14(17)22-8-5-10-1-3-11(4-2-10)12(9-23-15(18)19)13-20-6-7-21-13/h1-4,6-7,12H,5,8-9H2,(H3,16,17)(H3,18,19)(H,20,21)/t12-/m0/s1. The minimum absolute atomic E-state index is 0.0690. The number of imidazole rings is 1. The Labute approximate surface area is 143 Å². The second kappa shape index (κ2) is 8.64. The molecular weight excluding hydrogens is 328 g/mol. The third kappa shape index (κ3) is 5.65. The molecule has 23 heavy (non-hydrogen) atoms. The zero-order valence-electron chi connectivity index (χ0n) is 12.6. The molecule has 0 aliphatic carbocycles. The van der Waals surface area contributed by atoms with Crippen molar-refractivity contribution in [3.05, 3.63) is 53.6 Å². The Hall–Kier alpha value is -1.93. The summed E-state index contributed by atoms with van der Waals surface area (Å²) in [7, 11) is 0. The van der Waals surface area contributed by atoms with Crippen LogP contribution in [0, 0.1) is 10.8 Å². The highest BCUT2D eigenvalue weighted by Crippen LogP contribution is 2.26. The average Bonchev–Trinajstić information content (AvgIpc) is 3.02. The van der Waals surface area contributed by atoms with Crippen molar-refractivity contribution in [2.75, 3.05) is 11.5 Å². The van der Waals surface area contributed by atoms with Gasteiger partial charge in [0, 0.05) is 23.9 Å². The van der Waals surface area contributed by atoms with E-state index in [2.05, 4.69) is 34.2 Å². The average molecular weight is 349 g/mol. The summed E-state index contributed by atoms with van der Waals surface area (Å²) in [5.41, 5.74) is 13.1. The largest absolute Gasteiger partial charge is 0.379 e. The number of hydrogen-bond acceptors (Lipinski definition) is 5. The predicted octanol–water partition coefficient (Wildman–Crippen LogP) is 2.34. The smallest absolute Gasteiger partial charge is 0.151 e. The number of nitrogens with zero attached hydrogens (tertiary/aromatic N) is 1. The van der Waals surface area contributed by atoms with Gasteiger partial charge in [0.1, 0.15) is 5.82 Å². The Bertz CT molecular complexity index is 638. The number of nitrogens with two attached hydrogens (primary N) is 2. The fraction of sp³-hybridized carbons (Fsp3) is 0.267. The molecule has 0 saturated carbocycles. The van der Waals surface area contributed by atoms with Gasteiger partial charge >= 0.3 is 0 Å². The van der Waals surface area contributed by atoms with E-state index in [0.717, 1.165) is 23.6 Å². The van der Waals surface area contributed by atoms with E-state index in [1.54, 1.807) is 12.4 Å². The van der Waals surface area contributed by atoms with E-state index in [4.69, 9.17) is 22.3 Å². The Morgan fingerprint density at radius 3 is 2.39 bits per heavy atom. The van der Waals surface area contributed by atoms with Gasteiger partial charge in [-0.1, -0.05) is 47.8 Å². The van der Waals surface area contributed by atoms with E-state index in [9.17, 15) is 0 Å². The Morgan fingerprint density at radius 2 is 1.83 bits per heavy atom. The van der Waals surface area contributed by atoms with Crippen molar-refractivity contribution in [3.8, 4) is 0 Å². The molecule has 1 atom stereocenters. The summed E-state index contributed by atoms with van der Waals surface area (Å²) in [6.07, 6.45) is 4.40. The zero-order valence-corrected chi connectivity index (χ0v) is 14.2. The van der Waals surface area contributed by atoms with E-state index >= 15 is 0 Å². The van der Waals surface area contributed by atoms with Gasteiger partial charge in [0.25, 0.3) is 0 Å². The topological polar surface area (TPSA) is 128 Å². The van der Waals surface area contributed by atoms with Crippen LogP contribution in [-0.2, 0) is 6.42 Å². The Morgan fingerprint density at radius 1 is 1.13 bits per heavy atom. The second-order valence-electron chi connectivity index (χ2n) is 4.91. The van der Waals surface area contributed by atoms with Crippen LogP contribution in [0.3, 0.4) is 0 Å². The predicted molar refractivity (Wildman–Crippen MR) is 99.3 cm³/mol. The van der Waals surface area contributed by atoms with Crippen LogP contribution in [0.4, 0.5) is 0 Å². The highest BCUT2D eigenvalue weighted by Gasteiger charge is 2.17. The van der Waals surface area contributed by atoms with Crippen molar-refractivity contribution in [2.24, 2.45) is 11.5 Å². The normalized spacial score (nSPS) is 12.0. The number of hydrogen-bond donors (Lipinski definition) is 5. The number of aromatic nitrogens is 2. The second-order valence-corrected chi connectivity index (χ2v) is 7.11. The molecule has 0 amide bonds. The lowest BCUT2D eigenvalue weighted by Crippen LogP contribution is -2.12. The molecule has 0 spiro atoms. The number of H-pyrrole nitrogens is 1. The third-order valence-corrected chi connectivity index (χ3v) is 4.82. The first kappa shape index (κ1) is 17.4. The molecule has 8 heteroatoms. The minimum Gasteiger partial charge on any atom is -0.379 e. The van der Waals surface area contributed by atoms with Crippen molar-refractivity contribution < 1.29 is 0 Å². The zero-order chi connectivity index (χ0) is 16.7. The summed E-state index contributed by atoms with van der Waals surface area (Å²) >= 11 is 2.67. The van der Waals surface area contributed by atoms with Gasteiger partial charge in [0.05, 0.1) is 5.92 Å².